The Morgan fingerprint density at radius 1 is 1.25 bits per heavy atom. The van der Waals surface area contributed by atoms with Crippen LogP contribution in [0.1, 0.15) is 19.2 Å². The summed E-state index contributed by atoms with van der Waals surface area (Å²) in [5, 5.41) is 8.48. The van der Waals surface area contributed by atoms with Gasteiger partial charge in [-0.15, -0.1) is 11.3 Å². The Kier molecular flexibility index (Phi) is 6.38. The molecule has 2 aromatic heterocycles. The highest BCUT2D eigenvalue weighted by atomic mass is 32.1. The number of para-hydroxylation sites is 2. The molecule has 0 fully saturated rings. The Balaban J connectivity index is 1.48. The molecule has 1 amide bonds. The molecule has 9 heteroatoms. The number of methoxy groups -OCH3 is 1. The van der Waals surface area contributed by atoms with Gasteiger partial charge in [-0.2, -0.15) is 4.98 Å². The second-order valence-electron chi connectivity index (χ2n) is 5.81. The van der Waals surface area contributed by atoms with Crippen LogP contribution >= 0.6 is 11.3 Å². The van der Waals surface area contributed by atoms with Gasteiger partial charge in [-0.25, -0.2) is 0 Å². The van der Waals surface area contributed by atoms with Crippen molar-refractivity contribution < 1.29 is 23.6 Å². The lowest BCUT2D eigenvalue weighted by molar-refractivity contribution is -0.153. The van der Waals surface area contributed by atoms with Gasteiger partial charge < -0.3 is 19.3 Å². The number of carbonyl (C=O) groups is 2. The number of benzene rings is 1. The summed E-state index contributed by atoms with van der Waals surface area (Å²) in [6, 6.07) is 10.8. The standard InChI is InChI=1S/C19H19N3O5S/c1-12(19(24)20-13-6-3-4-7-14(13)25-2)26-17(23)10-9-16-21-18(22-27-16)15-8-5-11-28-15/h3-8,11-12H,9-10H2,1-2H3,(H,20,24)/t12-/m0/s1. The van der Waals surface area contributed by atoms with Gasteiger partial charge in [0.05, 0.1) is 24.1 Å². The van der Waals surface area contributed by atoms with Crippen molar-refractivity contribution in [3.05, 3.63) is 47.7 Å². The van der Waals surface area contributed by atoms with Gasteiger partial charge in [0.15, 0.2) is 6.10 Å². The summed E-state index contributed by atoms with van der Waals surface area (Å²) >= 11 is 1.50. The normalized spacial score (nSPS) is 11.6. The highest BCUT2D eigenvalue weighted by Crippen LogP contribution is 2.23. The minimum atomic E-state index is -0.957. The molecule has 1 atom stereocenters. The molecule has 0 radical (unpaired) electrons. The molecular formula is C19H19N3O5S. The molecule has 2 heterocycles. The average molecular weight is 401 g/mol. The molecule has 1 N–H and O–H groups in total. The van der Waals surface area contributed by atoms with Crippen molar-refractivity contribution in [3.8, 4) is 16.5 Å². The number of thiophene rings is 1. The summed E-state index contributed by atoms with van der Waals surface area (Å²) < 4.78 is 15.5. The number of amides is 1. The van der Waals surface area contributed by atoms with Crippen molar-refractivity contribution in [1.29, 1.82) is 0 Å². The number of aryl methyl sites for hydroxylation is 1. The summed E-state index contributed by atoms with van der Waals surface area (Å²) in [6.07, 6.45) is -0.696. The fourth-order valence-corrected chi connectivity index (χ4v) is 3.01. The Labute approximate surface area is 165 Å². The van der Waals surface area contributed by atoms with Crippen molar-refractivity contribution in [2.45, 2.75) is 25.9 Å². The van der Waals surface area contributed by atoms with E-state index in [1.54, 1.807) is 24.3 Å². The number of anilines is 1. The van der Waals surface area contributed by atoms with Gasteiger partial charge >= 0.3 is 5.97 Å². The molecule has 0 saturated heterocycles. The van der Waals surface area contributed by atoms with Crippen LogP contribution in [0.4, 0.5) is 5.69 Å². The number of hydrogen-bond donors (Lipinski definition) is 1. The van der Waals surface area contributed by atoms with E-state index in [-0.39, 0.29) is 12.8 Å². The quantitative estimate of drug-likeness (QED) is 0.578. The third kappa shape index (κ3) is 4.95. The third-order valence-corrected chi connectivity index (χ3v) is 4.66. The number of carbonyl (C=O) groups excluding carboxylic acids is 2. The molecule has 146 valence electrons. The van der Waals surface area contributed by atoms with Gasteiger partial charge in [-0.3, -0.25) is 9.59 Å². The molecule has 0 aliphatic rings. The lowest BCUT2D eigenvalue weighted by atomic mass is 10.2. The zero-order chi connectivity index (χ0) is 19.9. The lowest BCUT2D eigenvalue weighted by Gasteiger charge is -2.14. The highest BCUT2D eigenvalue weighted by molar-refractivity contribution is 7.13. The molecule has 0 saturated carbocycles. The van der Waals surface area contributed by atoms with E-state index in [1.165, 1.54) is 25.4 Å². The summed E-state index contributed by atoms with van der Waals surface area (Å²) in [5.74, 6) is 0.371. The minimum Gasteiger partial charge on any atom is -0.495 e. The van der Waals surface area contributed by atoms with E-state index in [1.807, 2.05) is 17.5 Å². The van der Waals surface area contributed by atoms with Gasteiger partial charge in [0.2, 0.25) is 11.7 Å². The Bertz CT molecular complexity index is 939. The third-order valence-electron chi connectivity index (χ3n) is 3.79. The Hall–Kier alpha value is -3.20. The van der Waals surface area contributed by atoms with Gasteiger partial charge in [-0.1, -0.05) is 23.4 Å². The first-order chi connectivity index (χ1) is 13.6. The maximum atomic E-state index is 12.2. The van der Waals surface area contributed by atoms with Gasteiger partial charge in [0, 0.05) is 6.42 Å². The van der Waals surface area contributed by atoms with Crippen molar-refractivity contribution in [1.82, 2.24) is 10.1 Å². The fraction of sp³-hybridized carbons (Fsp3) is 0.263. The van der Waals surface area contributed by atoms with Crippen molar-refractivity contribution in [2.24, 2.45) is 0 Å². The largest absolute Gasteiger partial charge is 0.495 e. The molecule has 1 aromatic carbocycles. The first-order valence-electron chi connectivity index (χ1n) is 8.56. The van der Waals surface area contributed by atoms with Crippen molar-refractivity contribution >= 4 is 28.9 Å². The van der Waals surface area contributed by atoms with E-state index in [9.17, 15) is 9.59 Å². The second-order valence-corrected chi connectivity index (χ2v) is 6.76. The minimum absolute atomic E-state index is 0.0261. The van der Waals surface area contributed by atoms with Crippen molar-refractivity contribution in [3.63, 3.8) is 0 Å². The molecule has 0 spiro atoms. The molecule has 28 heavy (non-hydrogen) atoms. The second kappa shape index (κ2) is 9.14. The van der Waals surface area contributed by atoms with Crippen LogP contribution < -0.4 is 10.1 Å². The van der Waals surface area contributed by atoms with Gasteiger partial charge in [-0.05, 0) is 30.5 Å². The van der Waals surface area contributed by atoms with Crippen LogP contribution in [0.15, 0.2) is 46.3 Å². The average Bonchev–Trinajstić information content (AvgIpc) is 3.38. The Morgan fingerprint density at radius 2 is 2.07 bits per heavy atom. The van der Waals surface area contributed by atoms with Crippen LogP contribution in [0, 0.1) is 0 Å². The smallest absolute Gasteiger partial charge is 0.307 e. The number of hydrogen-bond acceptors (Lipinski definition) is 8. The maximum Gasteiger partial charge on any atom is 0.307 e. The van der Waals surface area contributed by atoms with E-state index in [0.29, 0.717) is 23.2 Å². The molecule has 0 aliphatic carbocycles. The number of nitrogens with zero attached hydrogens (tertiary/aromatic N) is 2. The fourth-order valence-electron chi connectivity index (χ4n) is 2.36. The molecule has 0 aliphatic heterocycles. The van der Waals surface area contributed by atoms with Gasteiger partial charge in [0.1, 0.15) is 5.75 Å². The summed E-state index contributed by atoms with van der Waals surface area (Å²) in [7, 11) is 1.51. The van der Waals surface area contributed by atoms with Crippen molar-refractivity contribution in [2.75, 3.05) is 12.4 Å². The first-order valence-corrected chi connectivity index (χ1v) is 9.44. The molecule has 0 bridgehead atoms. The zero-order valence-electron chi connectivity index (χ0n) is 15.4. The number of rotatable bonds is 8. The van der Waals surface area contributed by atoms with E-state index in [4.69, 9.17) is 14.0 Å². The molecule has 3 aromatic rings. The van der Waals surface area contributed by atoms with Crippen LogP contribution in [-0.2, 0) is 20.7 Å². The van der Waals surface area contributed by atoms with Crippen LogP contribution in [0.25, 0.3) is 10.7 Å². The Morgan fingerprint density at radius 3 is 2.82 bits per heavy atom. The summed E-state index contributed by atoms with van der Waals surface area (Å²) in [4.78, 5) is 29.4. The maximum absolute atomic E-state index is 12.2. The zero-order valence-corrected chi connectivity index (χ0v) is 16.2. The number of nitrogens with one attached hydrogen (secondary N) is 1. The van der Waals surface area contributed by atoms with Crippen LogP contribution in [-0.4, -0.2) is 35.2 Å². The lowest BCUT2D eigenvalue weighted by Crippen LogP contribution is -2.30. The topological polar surface area (TPSA) is 104 Å². The molecule has 8 nitrogen and oxygen atoms in total. The summed E-state index contributed by atoms with van der Waals surface area (Å²) in [6.45, 7) is 1.50. The van der Waals surface area contributed by atoms with E-state index in [0.717, 1.165) is 4.88 Å². The number of aromatic nitrogens is 2. The van der Waals surface area contributed by atoms with E-state index >= 15 is 0 Å². The van der Waals surface area contributed by atoms with Gasteiger partial charge in [0.25, 0.3) is 5.91 Å². The van der Waals surface area contributed by atoms with E-state index in [2.05, 4.69) is 15.5 Å². The number of esters is 1. The predicted molar refractivity (Wildman–Crippen MR) is 103 cm³/mol. The SMILES string of the molecule is COc1ccccc1NC(=O)[C@H](C)OC(=O)CCc1nc(-c2cccs2)no1. The molecule has 3 rings (SSSR count). The highest BCUT2D eigenvalue weighted by Gasteiger charge is 2.20. The monoisotopic (exact) mass is 401 g/mol. The predicted octanol–water partition coefficient (Wildman–Crippen LogP) is 3.31. The number of ether oxygens (including phenoxy) is 2. The van der Waals surface area contributed by atoms with Crippen LogP contribution in [0.5, 0.6) is 5.75 Å². The first kappa shape index (κ1) is 19.6. The molecular weight excluding hydrogens is 382 g/mol. The molecule has 0 unspecified atom stereocenters. The van der Waals surface area contributed by atoms with Crippen LogP contribution in [0.2, 0.25) is 0 Å². The van der Waals surface area contributed by atoms with Crippen LogP contribution in [0.3, 0.4) is 0 Å². The summed E-state index contributed by atoms with van der Waals surface area (Å²) in [5.41, 5.74) is 0.505. The van der Waals surface area contributed by atoms with E-state index < -0.39 is 18.0 Å².